The number of rotatable bonds is 5. The van der Waals surface area contributed by atoms with E-state index in [0.717, 1.165) is 22.9 Å². The van der Waals surface area contributed by atoms with Crippen molar-refractivity contribution in [2.24, 2.45) is 5.11 Å². The molecule has 0 radical (unpaired) electrons. The number of benzene rings is 1. The summed E-state index contributed by atoms with van der Waals surface area (Å²) in [6.07, 6.45) is 1.63. The van der Waals surface area contributed by atoms with E-state index in [-0.39, 0.29) is 24.6 Å². The number of azide groups is 1. The van der Waals surface area contributed by atoms with Crippen LogP contribution in [0.15, 0.2) is 40.2 Å². The van der Waals surface area contributed by atoms with E-state index in [1.807, 2.05) is 31.2 Å². The molecule has 0 amide bonds. The number of cyclic esters (lactones) is 1. The van der Waals surface area contributed by atoms with Gasteiger partial charge in [-0.2, -0.15) is 0 Å². The van der Waals surface area contributed by atoms with Gasteiger partial charge < -0.3 is 14.4 Å². The van der Waals surface area contributed by atoms with Gasteiger partial charge in [-0.15, -0.1) is 0 Å². The molecule has 9 heteroatoms. The van der Waals surface area contributed by atoms with Gasteiger partial charge in [0.25, 0.3) is 5.56 Å². The summed E-state index contributed by atoms with van der Waals surface area (Å²) in [5.74, 6) is -0.745. The summed E-state index contributed by atoms with van der Waals surface area (Å²) in [7, 11) is 0. The number of hydrogen-bond donors (Lipinski definition) is 1. The largest absolute Gasteiger partial charge is 0.458 e. The maximum absolute atomic E-state index is 13.3. The van der Waals surface area contributed by atoms with Gasteiger partial charge in [0.1, 0.15) is 6.61 Å². The number of ether oxygens (including phenoxy) is 1. The molecule has 168 valence electrons. The minimum Gasteiger partial charge on any atom is -0.458 e. The molecule has 0 aliphatic carbocycles. The molecule has 0 saturated heterocycles. The summed E-state index contributed by atoms with van der Waals surface area (Å²) in [5, 5.41) is 15.9. The van der Waals surface area contributed by atoms with Crippen LogP contribution in [0.4, 0.5) is 0 Å². The van der Waals surface area contributed by atoms with Crippen LogP contribution in [0.5, 0.6) is 0 Å². The molecule has 0 saturated carbocycles. The third-order valence-corrected chi connectivity index (χ3v) is 6.68. The van der Waals surface area contributed by atoms with Gasteiger partial charge in [0.2, 0.25) is 0 Å². The maximum atomic E-state index is 13.3. The van der Waals surface area contributed by atoms with Gasteiger partial charge in [-0.1, -0.05) is 43.6 Å². The van der Waals surface area contributed by atoms with Crippen molar-refractivity contribution >= 4 is 16.9 Å². The average molecular weight is 445 g/mol. The Morgan fingerprint density at radius 3 is 2.88 bits per heavy atom. The van der Waals surface area contributed by atoms with Crippen LogP contribution in [0.3, 0.4) is 0 Å². The lowest BCUT2D eigenvalue weighted by Crippen LogP contribution is -2.44. The Morgan fingerprint density at radius 1 is 1.33 bits per heavy atom. The maximum Gasteiger partial charge on any atom is 0.343 e. The van der Waals surface area contributed by atoms with Gasteiger partial charge in [-0.25, -0.2) is 9.78 Å². The van der Waals surface area contributed by atoms with Gasteiger partial charge >= 0.3 is 5.97 Å². The zero-order valence-electron chi connectivity index (χ0n) is 18.4. The van der Waals surface area contributed by atoms with Crippen molar-refractivity contribution in [1.29, 1.82) is 0 Å². The molecule has 2 aromatic heterocycles. The molecule has 2 atom stereocenters. The highest BCUT2D eigenvalue weighted by molar-refractivity contribution is 5.88. The average Bonchev–Trinajstić information content (AvgIpc) is 3.18. The van der Waals surface area contributed by atoms with Crippen LogP contribution >= 0.6 is 0 Å². The number of fused-ring (bicyclic) bond motifs is 5. The summed E-state index contributed by atoms with van der Waals surface area (Å²) in [4.78, 5) is 33.6. The summed E-state index contributed by atoms with van der Waals surface area (Å²) in [5.41, 5.74) is 11.1. The van der Waals surface area contributed by atoms with E-state index < -0.39 is 11.6 Å². The fourth-order valence-corrected chi connectivity index (χ4v) is 4.91. The van der Waals surface area contributed by atoms with E-state index in [0.29, 0.717) is 41.0 Å². The molecule has 1 unspecified atom stereocenters. The Morgan fingerprint density at radius 2 is 2.15 bits per heavy atom. The topological polar surface area (TPSA) is 130 Å². The molecule has 0 fully saturated rings. The number of aromatic nitrogens is 2. The highest BCUT2D eigenvalue weighted by Crippen LogP contribution is 2.39. The van der Waals surface area contributed by atoms with Crippen molar-refractivity contribution in [3.8, 4) is 11.4 Å². The molecule has 5 rings (SSSR count). The van der Waals surface area contributed by atoms with E-state index in [1.54, 1.807) is 17.6 Å². The predicted molar refractivity (Wildman–Crippen MR) is 121 cm³/mol. The SMILES string of the molecule is CCCC(N=[N+]=[N-])c1cccc2cc3c(nc12)-c1cc2c(c(=O)n1C3)COC(=O)[C@]2(O)CC. The molecule has 3 aromatic rings. The minimum absolute atomic E-state index is 0.0920. The van der Waals surface area contributed by atoms with Crippen molar-refractivity contribution in [2.75, 3.05) is 0 Å². The van der Waals surface area contributed by atoms with Crippen molar-refractivity contribution in [3.63, 3.8) is 0 Å². The van der Waals surface area contributed by atoms with Gasteiger partial charge in [-0.3, -0.25) is 4.79 Å². The van der Waals surface area contributed by atoms with E-state index >= 15 is 0 Å². The first-order valence-corrected chi connectivity index (χ1v) is 11.1. The third kappa shape index (κ3) is 3.04. The summed E-state index contributed by atoms with van der Waals surface area (Å²) >= 11 is 0. The first-order valence-electron chi connectivity index (χ1n) is 11.1. The second-order valence-corrected chi connectivity index (χ2v) is 8.53. The first kappa shape index (κ1) is 21.2. The number of carbonyl (C=O) groups is 1. The minimum atomic E-state index is -1.86. The molecular formula is C24H23N5O4. The molecule has 33 heavy (non-hydrogen) atoms. The smallest absolute Gasteiger partial charge is 0.343 e. The molecule has 0 bridgehead atoms. The zero-order chi connectivity index (χ0) is 23.3. The van der Waals surface area contributed by atoms with E-state index in [4.69, 9.17) is 15.3 Å². The van der Waals surface area contributed by atoms with Gasteiger partial charge in [0.15, 0.2) is 5.60 Å². The number of carbonyl (C=O) groups excluding carboxylic acids is 1. The molecule has 4 heterocycles. The molecule has 2 aliphatic rings. The molecule has 9 nitrogen and oxygen atoms in total. The Kier molecular flexibility index (Phi) is 4.96. The Hall–Kier alpha value is -3.68. The number of para-hydroxylation sites is 1. The number of hydrogen-bond acceptors (Lipinski definition) is 6. The second-order valence-electron chi connectivity index (χ2n) is 8.53. The van der Waals surface area contributed by atoms with Gasteiger partial charge in [0, 0.05) is 21.4 Å². The summed E-state index contributed by atoms with van der Waals surface area (Å²) in [6, 6.07) is 9.13. The van der Waals surface area contributed by atoms with Crippen molar-refractivity contribution < 1.29 is 14.6 Å². The normalized spacial score (nSPS) is 19.3. The van der Waals surface area contributed by atoms with Crippen molar-refractivity contribution in [1.82, 2.24) is 9.55 Å². The Labute approximate surface area is 189 Å². The van der Waals surface area contributed by atoms with E-state index in [9.17, 15) is 14.7 Å². The van der Waals surface area contributed by atoms with Crippen LogP contribution < -0.4 is 5.56 Å². The fourth-order valence-electron chi connectivity index (χ4n) is 4.91. The van der Waals surface area contributed by atoms with Crippen LogP contribution in [0.1, 0.15) is 61.4 Å². The van der Waals surface area contributed by atoms with Crippen molar-refractivity contribution in [3.05, 3.63) is 73.4 Å². The summed E-state index contributed by atoms with van der Waals surface area (Å²) in [6.45, 7) is 3.89. The number of nitrogens with zero attached hydrogens (tertiary/aromatic N) is 5. The van der Waals surface area contributed by atoms with Gasteiger partial charge in [0.05, 0.1) is 35.1 Å². The first-order chi connectivity index (χ1) is 15.9. The monoisotopic (exact) mass is 445 g/mol. The number of esters is 1. The van der Waals surface area contributed by atoms with E-state index in [1.165, 1.54) is 0 Å². The van der Waals surface area contributed by atoms with Crippen LogP contribution in [-0.2, 0) is 28.3 Å². The Balaban J connectivity index is 1.75. The highest BCUT2D eigenvalue weighted by Gasteiger charge is 2.45. The Bertz CT molecular complexity index is 1420. The molecular weight excluding hydrogens is 422 g/mol. The molecule has 2 aliphatic heterocycles. The lowest BCUT2D eigenvalue weighted by Gasteiger charge is -2.31. The highest BCUT2D eigenvalue weighted by atomic mass is 16.6. The predicted octanol–water partition coefficient (Wildman–Crippen LogP) is 4.23. The second kappa shape index (κ2) is 7.72. The third-order valence-electron chi connectivity index (χ3n) is 6.68. The zero-order valence-corrected chi connectivity index (χ0v) is 18.4. The standard InChI is InChI=1S/C24H23N5O4/c1-3-6-18(27-28-25)15-8-5-7-13-9-14-11-29-19(21(14)26-20(13)15)10-17-16(22(29)30)12-33-23(31)24(17,32)4-2/h5,7-10,18,32H,3-4,6,11-12H2,1-2H3/t18?,24-/m0/s1. The van der Waals surface area contributed by atoms with Crippen LogP contribution in [-0.4, -0.2) is 20.6 Å². The van der Waals surface area contributed by atoms with Gasteiger partial charge in [-0.05, 0) is 36.1 Å². The fraction of sp³-hybridized carbons (Fsp3) is 0.375. The lowest BCUT2D eigenvalue weighted by atomic mass is 9.86. The van der Waals surface area contributed by atoms with Crippen LogP contribution in [0.25, 0.3) is 32.7 Å². The summed E-state index contributed by atoms with van der Waals surface area (Å²) < 4.78 is 6.73. The lowest BCUT2D eigenvalue weighted by molar-refractivity contribution is -0.172. The quantitative estimate of drug-likeness (QED) is 0.213. The molecule has 0 spiro atoms. The van der Waals surface area contributed by atoms with E-state index in [2.05, 4.69) is 10.0 Å². The molecule has 1 aromatic carbocycles. The van der Waals surface area contributed by atoms with Crippen LogP contribution in [0, 0.1) is 0 Å². The molecule has 1 N–H and O–H groups in total. The van der Waals surface area contributed by atoms with Crippen LogP contribution in [0.2, 0.25) is 0 Å². The van der Waals surface area contributed by atoms with Crippen molar-refractivity contribution in [2.45, 2.75) is 57.9 Å². The number of pyridine rings is 2. The number of aliphatic hydroxyl groups is 1.